The molecule has 0 aliphatic rings. The van der Waals surface area contributed by atoms with Gasteiger partial charge in [-0.1, -0.05) is 91.0 Å². The van der Waals surface area contributed by atoms with Gasteiger partial charge < -0.3 is 0 Å². The van der Waals surface area contributed by atoms with E-state index in [1.165, 1.54) is 51.4 Å². The largest absolute Gasteiger partial charge is 0.0917 e. The first kappa shape index (κ1) is 22.6. The summed E-state index contributed by atoms with van der Waals surface area (Å²) in [6, 6.07) is 0. The van der Waals surface area contributed by atoms with Crippen molar-refractivity contribution >= 4 is 0 Å². The number of unbranched alkanes of at least 4 members (excludes halogenated alkanes) is 4. The Morgan fingerprint density at radius 2 is 1.06 bits per heavy atom. The molecule has 0 atom stereocenters. The highest BCUT2D eigenvalue weighted by Crippen LogP contribution is 1.95. The quantitative estimate of drug-likeness (QED) is 0.330. The second-order valence-electron chi connectivity index (χ2n) is 4.35. The number of allylic oxidation sites excluding steroid dienone is 4. The van der Waals surface area contributed by atoms with Crippen LogP contribution in [0.2, 0.25) is 0 Å². The molecule has 0 bridgehead atoms. The molecule has 0 amide bonds. The lowest BCUT2D eigenvalue weighted by Gasteiger charge is -1.86. The van der Waals surface area contributed by atoms with E-state index in [2.05, 4.69) is 65.8 Å². The molecular weight excluding hydrogens is 216 g/mol. The summed E-state index contributed by atoms with van der Waals surface area (Å²) in [5, 5.41) is 0. The monoisotopic (exact) mass is 254 g/mol. The molecule has 0 aromatic heterocycles. The minimum absolute atomic E-state index is 1.17. The molecule has 0 aliphatic carbocycles. The van der Waals surface area contributed by atoms with Crippen molar-refractivity contribution in [2.24, 2.45) is 0 Å². The summed E-state index contributed by atoms with van der Waals surface area (Å²) in [6.45, 7) is 13.0. The molecule has 18 heavy (non-hydrogen) atoms. The van der Waals surface area contributed by atoms with Crippen molar-refractivity contribution in [2.75, 3.05) is 0 Å². The first-order valence-electron chi connectivity index (χ1n) is 8.00. The van der Waals surface area contributed by atoms with Gasteiger partial charge in [0.15, 0.2) is 0 Å². The van der Waals surface area contributed by atoms with Gasteiger partial charge >= 0.3 is 0 Å². The van der Waals surface area contributed by atoms with Crippen LogP contribution in [0.3, 0.4) is 0 Å². The lowest BCUT2D eigenvalue weighted by atomic mass is 10.2. The van der Waals surface area contributed by atoms with Crippen LogP contribution in [-0.2, 0) is 0 Å². The predicted octanol–water partition coefficient (Wildman–Crippen LogP) is 7.31. The lowest BCUT2D eigenvalue weighted by Crippen LogP contribution is -1.66. The molecule has 0 saturated heterocycles. The van der Waals surface area contributed by atoms with E-state index < -0.39 is 0 Å². The average Bonchev–Trinajstić information content (AvgIpc) is 2.42. The Bertz CT molecular complexity index is 132. The summed E-state index contributed by atoms with van der Waals surface area (Å²) in [5.41, 5.74) is 0. The zero-order chi connectivity index (χ0) is 14.5. The molecule has 0 N–H and O–H groups in total. The maximum Gasteiger partial charge on any atom is -0.0353 e. The third kappa shape index (κ3) is 45.1. The lowest BCUT2D eigenvalue weighted by molar-refractivity contribution is 0.702. The van der Waals surface area contributed by atoms with E-state index in [0.29, 0.717) is 0 Å². The number of rotatable bonds is 7. The highest BCUT2D eigenvalue weighted by Gasteiger charge is 1.75. The smallest absolute Gasteiger partial charge is 0.0353 e. The fourth-order valence-electron chi connectivity index (χ4n) is 1.17. The molecule has 0 heterocycles. The van der Waals surface area contributed by atoms with E-state index in [4.69, 9.17) is 0 Å². The van der Waals surface area contributed by atoms with Gasteiger partial charge in [-0.15, -0.1) is 0 Å². The van der Waals surface area contributed by atoms with Crippen molar-refractivity contribution in [1.82, 2.24) is 0 Å². The van der Waals surface area contributed by atoms with Crippen LogP contribution < -0.4 is 0 Å². The Morgan fingerprint density at radius 3 is 1.22 bits per heavy atom. The van der Waals surface area contributed by atoms with Crippen LogP contribution in [0.5, 0.6) is 0 Å². The third-order valence-electron chi connectivity index (χ3n) is 2.29. The fraction of sp³-hybridized carbons (Fsp3) is 0.778. The van der Waals surface area contributed by atoms with Crippen LogP contribution >= 0.6 is 0 Å². The van der Waals surface area contributed by atoms with Gasteiger partial charge in [-0.3, -0.25) is 0 Å². The Labute approximate surface area is 118 Å². The van der Waals surface area contributed by atoms with Crippen LogP contribution in [0.25, 0.3) is 0 Å². The van der Waals surface area contributed by atoms with Crippen LogP contribution in [0.4, 0.5) is 0 Å². The summed E-state index contributed by atoms with van der Waals surface area (Å²) < 4.78 is 0. The van der Waals surface area contributed by atoms with Crippen molar-refractivity contribution in [3.05, 3.63) is 24.3 Å². The van der Waals surface area contributed by atoms with Crippen molar-refractivity contribution in [3.63, 3.8) is 0 Å². The highest BCUT2D eigenvalue weighted by molar-refractivity contribution is 4.77. The van der Waals surface area contributed by atoms with Crippen LogP contribution in [0, 0.1) is 0 Å². The molecule has 0 heteroatoms. The zero-order valence-electron chi connectivity index (χ0n) is 14.0. The maximum absolute atomic E-state index is 2.23. The number of hydrogen-bond donors (Lipinski definition) is 0. The maximum atomic E-state index is 2.23. The molecule has 0 aliphatic heterocycles. The molecule has 0 saturated carbocycles. The molecule has 0 unspecified atom stereocenters. The van der Waals surface area contributed by atoms with E-state index in [0.717, 1.165) is 0 Å². The molecule has 0 rings (SSSR count). The standard InChI is InChI=1S/C6H14.2C6H12/c3*1-3-5-6-4-2/h3-6H2,1-2H3;5-6H,3-4H2,1-2H3;3,5H,4,6H2,1-2H3/b;6-5+;5-3+. The van der Waals surface area contributed by atoms with Crippen LogP contribution in [-0.4, -0.2) is 0 Å². The van der Waals surface area contributed by atoms with Gasteiger partial charge in [-0.25, -0.2) is 0 Å². The molecule has 0 radical (unpaired) electrons. The van der Waals surface area contributed by atoms with E-state index >= 15 is 0 Å². The summed E-state index contributed by atoms with van der Waals surface area (Å²) in [6.07, 6.45) is 19.0. The second-order valence-corrected chi connectivity index (χ2v) is 4.35. The first-order valence-corrected chi connectivity index (χ1v) is 8.00. The normalized spacial score (nSPS) is 9.89. The fourth-order valence-corrected chi connectivity index (χ4v) is 1.17. The minimum atomic E-state index is 1.17. The minimum Gasteiger partial charge on any atom is -0.0917 e. The van der Waals surface area contributed by atoms with Crippen LogP contribution in [0.1, 0.15) is 92.9 Å². The topological polar surface area (TPSA) is 0 Å². The Balaban J connectivity index is -0.000000187. The van der Waals surface area contributed by atoms with Crippen molar-refractivity contribution in [2.45, 2.75) is 92.9 Å². The number of hydrogen-bond acceptors (Lipinski definition) is 0. The van der Waals surface area contributed by atoms with Gasteiger partial charge in [0, 0.05) is 0 Å². The Hall–Kier alpha value is -0.520. The van der Waals surface area contributed by atoms with E-state index in [-0.39, 0.29) is 0 Å². The van der Waals surface area contributed by atoms with Gasteiger partial charge in [-0.2, -0.15) is 0 Å². The van der Waals surface area contributed by atoms with Crippen molar-refractivity contribution in [1.29, 1.82) is 0 Å². The molecule has 110 valence electrons. The Kier molecular flexibility index (Phi) is 37.7. The van der Waals surface area contributed by atoms with Gasteiger partial charge in [0.1, 0.15) is 0 Å². The summed E-state index contributed by atoms with van der Waals surface area (Å²) in [5.74, 6) is 0. The van der Waals surface area contributed by atoms with E-state index in [1.807, 2.05) is 0 Å². The summed E-state index contributed by atoms with van der Waals surface area (Å²) in [4.78, 5) is 0. The molecule has 0 spiro atoms. The molecular formula is C18H38. The Morgan fingerprint density at radius 1 is 0.611 bits per heavy atom. The SMILES string of the molecule is C/C=C/CCC.CC/C=C/CC.CCCCCC. The van der Waals surface area contributed by atoms with Crippen LogP contribution in [0.15, 0.2) is 24.3 Å². The van der Waals surface area contributed by atoms with Gasteiger partial charge in [0.2, 0.25) is 0 Å². The zero-order valence-corrected chi connectivity index (χ0v) is 14.0. The van der Waals surface area contributed by atoms with Crippen molar-refractivity contribution in [3.8, 4) is 0 Å². The van der Waals surface area contributed by atoms with Crippen molar-refractivity contribution < 1.29 is 0 Å². The summed E-state index contributed by atoms with van der Waals surface area (Å²) in [7, 11) is 0. The third-order valence-corrected chi connectivity index (χ3v) is 2.29. The first-order chi connectivity index (χ1) is 8.74. The molecule has 0 nitrogen and oxygen atoms in total. The van der Waals surface area contributed by atoms with E-state index in [9.17, 15) is 0 Å². The van der Waals surface area contributed by atoms with Gasteiger partial charge in [0.05, 0.1) is 0 Å². The average molecular weight is 255 g/mol. The van der Waals surface area contributed by atoms with E-state index in [1.54, 1.807) is 0 Å². The second kappa shape index (κ2) is 30.0. The summed E-state index contributed by atoms with van der Waals surface area (Å²) >= 11 is 0. The predicted molar refractivity (Wildman–Crippen MR) is 89.3 cm³/mol. The molecule has 0 aromatic carbocycles. The molecule has 0 fully saturated rings. The van der Waals surface area contributed by atoms with Gasteiger partial charge in [0.25, 0.3) is 0 Å². The highest BCUT2D eigenvalue weighted by atomic mass is 13.8. The molecule has 0 aromatic rings. The van der Waals surface area contributed by atoms with Gasteiger partial charge in [-0.05, 0) is 26.2 Å².